The van der Waals surface area contributed by atoms with Gasteiger partial charge in [-0.05, 0) is 52.9 Å². The van der Waals surface area contributed by atoms with E-state index in [0.717, 1.165) is 6.42 Å². The second-order valence-electron chi connectivity index (χ2n) is 8.28. The first-order valence-electron chi connectivity index (χ1n) is 11.1. The van der Waals surface area contributed by atoms with E-state index in [0.29, 0.717) is 0 Å². The molecule has 0 saturated carbocycles. The molecular weight excluding hydrogens is 386 g/mol. The summed E-state index contributed by atoms with van der Waals surface area (Å²) in [5.74, 6) is 0. The summed E-state index contributed by atoms with van der Waals surface area (Å²) in [5, 5.41) is 2.59. The van der Waals surface area contributed by atoms with Gasteiger partial charge < -0.3 is 4.57 Å². The van der Waals surface area contributed by atoms with E-state index in [-0.39, 0.29) is 0 Å². The number of hydrogen-bond donors (Lipinski definition) is 0. The summed E-state index contributed by atoms with van der Waals surface area (Å²) < 4.78 is 2.36. The minimum absolute atomic E-state index is 0.966. The van der Waals surface area contributed by atoms with Crippen molar-refractivity contribution in [3.05, 3.63) is 139 Å². The summed E-state index contributed by atoms with van der Waals surface area (Å²) in [6.45, 7) is 0. The van der Waals surface area contributed by atoms with E-state index in [9.17, 15) is 0 Å². The third-order valence-corrected chi connectivity index (χ3v) is 6.24. The molecule has 5 aromatic carbocycles. The smallest absolute Gasteiger partial charge is 0.0541 e. The van der Waals surface area contributed by atoms with Gasteiger partial charge in [0.15, 0.2) is 0 Å². The standard InChI is InChI=1S/C31H23N/c1-2-8-23(9-3-1)22-24-14-16-25(17-15-24)26-18-20-27(21-19-26)32-30-12-6-4-10-28(30)29-11-5-7-13-31(29)32/h1-21H,22H2. The molecule has 32 heavy (non-hydrogen) atoms. The minimum atomic E-state index is 0.966. The lowest BCUT2D eigenvalue weighted by atomic mass is 10.0. The van der Waals surface area contributed by atoms with E-state index in [4.69, 9.17) is 0 Å². The van der Waals surface area contributed by atoms with Crippen molar-refractivity contribution < 1.29 is 0 Å². The number of hydrogen-bond acceptors (Lipinski definition) is 0. The van der Waals surface area contributed by atoms with Crippen molar-refractivity contribution in [3.8, 4) is 16.8 Å². The molecule has 1 nitrogen and oxygen atoms in total. The van der Waals surface area contributed by atoms with Crippen LogP contribution in [0.15, 0.2) is 127 Å². The van der Waals surface area contributed by atoms with Crippen LogP contribution in [-0.2, 0) is 6.42 Å². The van der Waals surface area contributed by atoms with E-state index in [1.165, 1.54) is 49.7 Å². The van der Waals surface area contributed by atoms with Gasteiger partial charge >= 0.3 is 0 Å². The number of fused-ring (bicyclic) bond motifs is 3. The highest BCUT2D eigenvalue weighted by Gasteiger charge is 2.11. The molecule has 0 unspecified atom stereocenters. The fraction of sp³-hybridized carbons (Fsp3) is 0.0323. The quantitative estimate of drug-likeness (QED) is 0.278. The highest BCUT2D eigenvalue weighted by Crippen LogP contribution is 2.32. The van der Waals surface area contributed by atoms with Crippen molar-refractivity contribution in [2.24, 2.45) is 0 Å². The Morgan fingerprint density at radius 1 is 0.406 bits per heavy atom. The van der Waals surface area contributed by atoms with Crippen LogP contribution in [-0.4, -0.2) is 4.57 Å². The molecule has 0 saturated heterocycles. The molecule has 0 N–H and O–H groups in total. The molecule has 0 spiro atoms. The summed E-state index contributed by atoms with van der Waals surface area (Å²) >= 11 is 0. The van der Waals surface area contributed by atoms with Gasteiger partial charge in [0.05, 0.1) is 11.0 Å². The fourth-order valence-electron chi connectivity index (χ4n) is 4.65. The second-order valence-corrected chi connectivity index (χ2v) is 8.28. The molecule has 0 aliphatic heterocycles. The molecule has 0 fully saturated rings. The number of nitrogens with zero attached hydrogens (tertiary/aromatic N) is 1. The average molecular weight is 410 g/mol. The highest BCUT2D eigenvalue weighted by molar-refractivity contribution is 6.09. The Balaban J connectivity index is 1.34. The van der Waals surface area contributed by atoms with Gasteiger partial charge in [0.1, 0.15) is 0 Å². The maximum absolute atomic E-state index is 2.36. The van der Waals surface area contributed by atoms with Crippen LogP contribution in [0.1, 0.15) is 11.1 Å². The lowest BCUT2D eigenvalue weighted by Gasteiger charge is -2.10. The molecule has 6 aromatic rings. The predicted molar refractivity (Wildman–Crippen MR) is 135 cm³/mol. The van der Waals surface area contributed by atoms with E-state index < -0.39 is 0 Å². The summed E-state index contributed by atoms with van der Waals surface area (Å²) in [5.41, 5.74) is 8.83. The molecule has 0 aliphatic rings. The molecule has 0 bridgehead atoms. The zero-order valence-electron chi connectivity index (χ0n) is 17.8. The van der Waals surface area contributed by atoms with Crippen molar-refractivity contribution in [2.45, 2.75) is 6.42 Å². The van der Waals surface area contributed by atoms with Crippen LogP contribution in [0.5, 0.6) is 0 Å². The molecular formula is C31H23N. The van der Waals surface area contributed by atoms with Crippen LogP contribution in [0.2, 0.25) is 0 Å². The van der Waals surface area contributed by atoms with Gasteiger partial charge in [-0.3, -0.25) is 0 Å². The predicted octanol–water partition coefficient (Wildman–Crippen LogP) is 8.04. The van der Waals surface area contributed by atoms with E-state index in [1.54, 1.807) is 0 Å². The summed E-state index contributed by atoms with van der Waals surface area (Å²) in [6.07, 6.45) is 0.966. The second kappa shape index (κ2) is 7.86. The van der Waals surface area contributed by atoms with Gasteiger partial charge in [-0.25, -0.2) is 0 Å². The first kappa shape index (κ1) is 18.7. The number of rotatable bonds is 4. The lowest BCUT2D eigenvalue weighted by molar-refractivity contribution is 1.18. The lowest BCUT2D eigenvalue weighted by Crippen LogP contribution is -1.93. The molecule has 0 aliphatic carbocycles. The number of aromatic nitrogens is 1. The Morgan fingerprint density at radius 3 is 1.47 bits per heavy atom. The molecule has 1 heterocycles. The monoisotopic (exact) mass is 409 g/mol. The normalized spacial score (nSPS) is 11.2. The molecule has 152 valence electrons. The van der Waals surface area contributed by atoms with E-state index in [1.807, 2.05) is 0 Å². The van der Waals surface area contributed by atoms with Crippen LogP contribution in [0, 0.1) is 0 Å². The zero-order valence-corrected chi connectivity index (χ0v) is 17.8. The zero-order chi connectivity index (χ0) is 21.3. The van der Waals surface area contributed by atoms with Crippen LogP contribution in [0.25, 0.3) is 38.6 Å². The van der Waals surface area contributed by atoms with Crippen LogP contribution < -0.4 is 0 Å². The molecule has 0 radical (unpaired) electrons. The van der Waals surface area contributed by atoms with Crippen molar-refractivity contribution in [2.75, 3.05) is 0 Å². The minimum Gasteiger partial charge on any atom is -0.309 e. The summed E-state index contributed by atoms with van der Waals surface area (Å²) in [4.78, 5) is 0. The van der Waals surface area contributed by atoms with Crippen LogP contribution >= 0.6 is 0 Å². The Labute approximate surface area is 188 Å². The highest BCUT2D eigenvalue weighted by atomic mass is 15.0. The Hall–Kier alpha value is -4.10. The fourth-order valence-corrected chi connectivity index (χ4v) is 4.65. The summed E-state index contributed by atoms with van der Waals surface area (Å²) in [7, 11) is 0. The van der Waals surface area contributed by atoms with Gasteiger partial charge in [-0.15, -0.1) is 0 Å². The molecule has 0 atom stereocenters. The SMILES string of the molecule is c1ccc(Cc2ccc(-c3ccc(-n4c5ccccc5c5ccccc54)cc3)cc2)cc1. The number of para-hydroxylation sites is 2. The largest absolute Gasteiger partial charge is 0.309 e. The maximum atomic E-state index is 2.36. The van der Waals surface area contributed by atoms with Gasteiger partial charge in [0.2, 0.25) is 0 Å². The molecule has 6 rings (SSSR count). The first-order chi connectivity index (χ1) is 15.9. The third-order valence-electron chi connectivity index (χ3n) is 6.24. The Morgan fingerprint density at radius 2 is 0.875 bits per heavy atom. The van der Waals surface area contributed by atoms with Crippen molar-refractivity contribution in [3.63, 3.8) is 0 Å². The number of benzene rings is 5. The Kier molecular flexibility index (Phi) is 4.58. The van der Waals surface area contributed by atoms with Crippen molar-refractivity contribution >= 4 is 21.8 Å². The molecule has 1 heteroatoms. The summed E-state index contributed by atoms with van der Waals surface area (Å²) in [6, 6.07) is 45.8. The maximum Gasteiger partial charge on any atom is 0.0541 e. The van der Waals surface area contributed by atoms with E-state index in [2.05, 4.69) is 132 Å². The molecule has 1 aromatic heterocycles. The van der Waals surface area contributed by atoms with Crippen molar-refractivity contribution in [1.82, 2.24) is 4.57 Å². The topological polar surface area (TPSA) is 4.93 Å². The van der Waals surface area contributed by atoms with Gasteiger partial charge in [0.25, 0.3) is 0 Å². The molecule has 0 amide bonds. The average Bonchev–Trinajstić information content (AvgIpc) is 3.20. The van der Waals surface area contributed by atoms with Gasteiger partial charge in [-0.2, -0.15) is 0 Å². The van der Waals surface area contributed by atoms with Crippen molar-refractivity contribution in [1.29, 1.82) is 0 Å². The first-order valence-corrected chi connectivity index (χ1v) is 11.1. The van der Waals surface area contributed by atoms with Crippen LogP contribution in [0.3, 0.4) is 0 Å². The van der Waals surface area contributed by atoms with E-state index >= 15 is 0 Å². The van der Waals surface area contributed by atoms with Gasteiger partial charge in [-0.1, -0.05) is 103 Å². The van der Waals surface area contributed by atoms with Gasteiger partial charge in [0, 0.05) is 16.5 Å². The van der Waals surface area contributed by atoms with Crippen LogP contribution in [0.4, 0.5) is 0 Å². The third kappa shape index (κ3) is 3.29. The Bertz CT molecular complexity index is 1450.